The van der Waals surface area contributed by atoms with Crippen LogP contribution in [0.4, 0.5) is 0 Å². The van der Waals surface area contributed by atoms with Crippen LogP contribution < -0.4 is 20.3 Å². The molecule has 6 nitrogen and oxygen atoms in total. The number of aryl methyl sites for hydroxylation is 1. The van der Waals surface area contributed by atoms with Crippen LogP contribution in [0.3, 0.4) is 0 Å². The fourth-order valence-corrected chi connectivity index (χ4v) is 3.02. The quantitative estimate of drug-likeness (QED) is 0.703. The van der Waals surface area contributed by atoms with Crippen molar-refractivity contribution in [2.24, 2.45) is 0 Å². The smallest absolute Gasteiger partial charge is 0.255 e. The number of carbonyl (C=O) groups excluding carboxylic acids is 1. The number of aromatic amines is 1. The molecule has 0 saturated carbocycles. The Bertz CT molecular complexity index is 1040. The summed E-state index contributed by atoms with van der Waals surface area (Å²) in [4.78, 5) is 27.7. The van der Waals surface area contributed by atoms with Gasteiger partial charge >= 0.3 is 0 Å². The van der Waals surface area contributed by atoms with Crippen LogP contribution in [0.5, 0.6) is 11.5 Å². The lowest BCUT2D eigenvalue weighted by Crippen LogP contribution is -2.27. The minimum Gasteiger partial charge on any atom is -0.493 e. The van der Waals surface area contributed by atoms with Crippen LogP contribution >= 0.6 is 0 Å². The number of hydrogen-bond acceptors (Lipinski definition) is 4. The van der Waals surface area contributed by atoms with Gasteiger partial charge in [0.05, 0.1) is 19.8 Å². The summed E-state index contributed by atoms with van der Waals surface area (Å²) in [6.45, 7) is 2.31. The zero-order chi connectivity index (χ0) is 19.4. The molecule has 0 aliphatic rings. The van der Waals surface area contributed by atoms with Gasteiger partial charge in [0.2, 0.25) is 0 Å². The Morgan fingerprint density at radius 3 is 2.67 bits per heavy atom. The molecule has 2 aromatic carbocycles. The number of ether oxygens (including phenoxy) is 2. The molecule has 3 aromatic rings. The van der Waals surface area contributed by atoms with Gasteiger partial charge in [-0.05, 0) is 48.6 Å². The van der Waals surface area contributed by atoms with E-state index in [9.17, 15) is 9.59 Å². The molecule has 3 rings (SSSR count). The summed E-state index contributed by atoms with van der Waals surface area (Å²) >= 11 is 0. The third kappa shape index (κ3) is 3.95. The number of fused-ring (bicyclic) bond motifs is 1. The van der Waals surface area contributed by atoms with Gasteiger partial charge in [-0.1, -0.05) is 18.2 Å². The predicted molar refractivity (Wildman–Crippen MR) is 105 cm³/mol. The van der Waals surface area contributed by atoms with Crippen molar-refractivity contribution in [1.82, 2.24) is 10.3 Å². The highest BCUT2D eigenvalue weighted by Gasteiger charge is 2.16. The first-order valence-electron chi connectivity index (χ1n) is 8.65. The number of rotatable bonds is 6. The normalized spacial score (nSPS) is 10.6. The number of benzene rings is 2. The van der Waals surface area contributed by atoms with E-state index < -0.39 is 0 Å². The summed E-state index contributed by atoms with van der Waals surface area (Å²) in [5, 5.41) is 3.80. The number of methoxy groups -OCH3 is 2. The van der Waals surface area contributed by atoms with Crippen molar-refractivity contribution in [2.45, 2.75) is 13.3 Å². The third-order valence-corrected chi connectivity index (χ3v) is 4.41. The van der Waals surface area contributed by atoms with Crippen LogP contribution in [0.15, 0.2) is 47.3 Å². The summed E-state index contributed by atoms with van der Waals surface area (Å²) in [6, 6.07) is 12.9. The molecule has 0 aliphatic carbocycles. The number of H-pyrrole nitrogens is 1. The second kappa shape index (κ2) is 7.95. The van der Waals surface area contributed by atoms with Gasteiger partial charge in [0.15, 0.2) is 11.5 Å². The van der Waals surface area contributed by atoms with Crippen molar-refractivity contribution in [3.05, 3.63) is 69.5 Å². The van der Waals surface area contributed by atoms with E-state index in [2.05, 4.69) is 10.3 Å². The van der Waals surface area contributed by atoms with Crippen molar-refractivity contribution in [3.8, 4) is 11.5 Å². The van der Waals surface area contributed by atoms with E-state index in [0.29, 0.717) is 35.6 Å². The van der Waals surface area contributed by atoms with Gasteiger partial charge in [0.25, 0.3) is 11.5 Å². The molecule has 2 N–H and O–H groups in total. The van der Waals surface area contributed by atoms with E-state index in [4.69, 9.17) is 9.47 Å². The maximum absolute atomic E-state index is 12.5. The molecular formula is C21H22N2O4. The maximum Gasteiger partial charge on any atom is 0.255 e. The highest BCUT2D eigenvalue weighted by Crippen LogP contribution is 2.30. The van der Waals surface area contributed by atoms with Crippen LogP contribution in [0, 0.1) is 6.92 Å². The van der Waals surface area contributed by atoms with E-state index in [1.165, 1.54) is 14.2 Å². The minimum atomic E-state index is -0.279. The molecule has 0 unspecified atom stereocenters. The van der Waals surface area contributed by atoms with Crippen LogP contribution in [0.2, 0.25) is 0 Å². The van der Waals surface area contributed by atoms with E-state index in [-0.39, 0.29) is 11.5 Å². The van der Waals surface area contributed by atoms with Crippen molar-refractivity contribution >= 4 is 16.8 Å². The second-order valence-corrected chi connectivity index (χ2v) is 6.26. The Hall–Kier alpha value is -3.28. The summed E-state index contributed by atoms with van der Waals surface area (Å²) < 4.78 is 10.5. The standard InChI is InChI=1S/C21H22N2O4/c1-13-7-8-14-12-15(20(24)23-17(14)11-13)9-10-22-21(25)16-5-4-6-18(26-2)19(16)27-3/h4-8,11-12H,9-10H2,1-3H3,(H,22,25)(H,23,24). The summed E-state index contributed by atoms with van der Waals surface area (Å²) in [6.07, 6.45) is 0.428. The lowest BCUT2D eigenvalue weighted by molar-refractivity contribution is 0.0950. The average molecular weight is 366 g/mol. The van der Waals surface area contributed by atoms with Gasteiger partial charge in [-0.2, -0.15) is 0 Å². The molecular weight excluding hydrogens is 344 g/mol. The number of hydrogen-bond donors (Lipinski definition) is 2. The Morgan fingerprint density at radius 1 is 1.11 bits per heavy atom. The summed E-state index contributed by atoms with van der Waals surface area (Å²) in [7, 11) is 3.01. The molecule has 0 fully saturated rings. The Balaban J connectivity index is 1.72. The number of pyridine rings is 1. The van der Waals surface area contributed by atoms with E-state index >= 15 is 0 Å². The topological polar surface area (TPSA) is 80.4 Å². The van der Waals surface area contributed by atoms with Crippen LogP contribution in [0.1, 0.15) is 21.5 Å². The molecule has 1 amide bonds. The molecule has 1 heterocycles. The molecule has 6 heteroatoms. The van der Waals surface area contributed by atoms with E-state index in [0.717, 1.165) is 16.5 Å². The summed E-state index contributed by atoms with van der Waals surface area (Å²) in [5.74, 6) is 0.599. The number of aromatic nitrogens is 1. The monoisotopic (exact) mass is 366 g/mol. The molecule has 0 spiro atoms. The molecule has 0 atom stereocenters. The molecule has 0 bridgehead atoms. The average Bonchev–Trinajstić information content (AvgIpc) is 2.67. The number of nitrogens with one attached hydrogen (secondary N) is 2. The number of carbonyl (C=O) groups is 1. The van der Waals surface area contributed by atoms with Gasteiger partial charge in [0.1, 0.15) is 0 Å². The van der Waals surface area contributed by atoms with Crippen molar-refractivity contribution in [3.63, 3.8) is 0 Å². The molecule has 1 aromatic heterocycles. The highest BCUT2D eigenvalue weighted by atomic mass is 16.5. The highest BCUT2D eigenvalue weighted by molar-refractivity contribution is 5.97. The number of amides is 1. The largest absolute Gasteiger partial charge is 0.493 e. The molecule has 0 saturated heterocycles. The Labute approximate surface area is 157 Å². The fourth-order valence-electron chi connectivity index (χ4n) is 3.02. The van der Waals surface area contributed by atoms with Gasteiger partial charge < -0.3 is 19.8 Å². The number of para-hydroxylation sites is 1. The van der Waals surface area contributed by atoms with Gasteiger partial charge in [0, 0.05) is 17.6 Å². The van der Waals surface area contributed by atoms with Crippen molar-refractivity contribution in [2.75, 3.05) is 20.8 Å². The van der Waals surface area contributed by atoms with Crippen molar-refractivity contribution < 1.29 is 14.3 Å². The minimum absolute atomic E-state index is 0.138. The van der Waals surface area contributed by atoms with Gasteiger partial charge in [-0.3, -0.25) is 9.59 Å². The van der Waals surface area contributed by atoms with Crippen molar-refractivity contribution in [1.29, 1.82) is 0 Å². The predicted octanol–water partition coefficient (Wildman–Crippen LogP) is 2.83. The van der Waals surface area contributed by atoms with Gasteiger partial charge in [-0.25, -0.2) is 0 Å². The molecule has 0 radical (unpaired) electrons. The molecule has 0 aliphatic heterocycles. The van der Waals surface area contributed by atoms with Crippen LogP contribution in [-0.2, 0) is 6.42 Å². The lowest BCUT2D eigenvalue weighted by Gasteiger charge is -2.12. The van der Waals surface area contributed by atoms with E-state index in [1.807, 2.05) is 31.2 Å². The first-order valence-corrected chi connectivity index (χ1v) is 8.65. The SMILES string of the molecule is COc1cccc(C(=O)NCCc2cc3ccc(C)cc3[nH]c2=O)c1OC. The second-order valence-electron chi connectivity index (χ2n) is 6.26. The first-order chi connectivity index (χ1) is 13.0. The molecule has 140 valence electrons. The first kappa shape index (κ1) is 18.5. The van der Waals surface area contributed by atoms with E-state index in [1.54, 1.807) is 18.2 Å². The Morgan fingerprint density at radius 2 is 1.93 bits per heavy atom. The van der Waals surface area contributed by atoms with Gasteiger partial charge in [-0.15, -0.1) is 0 Å². The molecule has 27 heavy (non-hydrogen) atoms. The zero-order valence-corrected chi connectivity index (χ0v) is 15.6. The zero-order valence-electron chi connectivity index (χ0n) is 15.6. The lowest BCUT2D eigenvalue weighted by atomic mass is 10.1. The third-order valence-electron chi connectivity index (χ3n) is 4.41. The van der Waals surface area contributed by atoms with Crippen LogP contribution in [0.25, 0.3) is 10.9 Å². The van der Waals surface area contributed by atoms with Crippen LogP contribution in [-0.4, -0.2) is 31.7 Å². The Kier molecular flexibility index (Phi) is 5.45. The maximum atomic E-state index is 12.5. The fraction of sp³-hybridized carbons (Fsp3) is 0.238. The summed E-state index contributed by atoms with van der Waals surface area (Å²) in [5.41, 5.74) is 2.78.